The van der Waals surface area contributed by atoms with Gasteiger partial charge < -0.3 is 10.6 Å². The average molecular weight is 455 g/mol. The number of nitrogens with zero attached hydrogens (tertiary/aromatic N) is 1. The maximum atomic E-state index is 12.3. The SMILES string of the molecule is CCc1ccc(Cl)c(CC)c1NC(=O)NCCNS(=O)(=O)c1cccc([N+](=O)[O-])c1. The molecule has 2 aromatic rings. The number of amides is 2. The molecule has 0 aliphatic heterocycles. The monoisotopic (exact) mass is 454 g/mol. The zero-order chi connectivity index (χ0) is 22.3. The molecule has 0 unspecified atom stereocenters. The summed E-state index contributed by atoms with van der Waals surface area (Å²) in [4.78, 5) is 22.2. The van der Waals surface area contributed by atoms with E-state index in [4.69, 9.17) is 11.6 Å². The van der Waals surface area contributed by atoms with E-state index in [0.717, 1.165) is 17.2 Å². The van der Waals surface area contributed by atoms with E-state index in [1.165, 1.54) is 18.2 Å². The maximum absolute atomic E-state index is 12.3. The number of aryl methyl sites for hydroxylation is 1. The summed E-state index contributed by atoms with van der Waals surface area (Å²) in [7, 11) is -3.94. The topological polar surface area (TPSA) is 130 Å². The molecule has 0 aromatic heterocycles. The van der Waals surface area contributed by atoms with Crippen molar-refractivity contribution in [3.63, 3.8) is 0 Å². The van der Waals surface area contributed by atoms with E-state index in [1.54, 1.807) is 6.07 Å². The number of carbonyl (C=O) groups excluding carboxylic acids is 1. The number of non-ortho nitro benzene ring substituents is 1. The Kier molecular flexibility index (Phi) is 8.16. The van der Waals surface area contributed by atoms with Crippen molar-refractivity contribution in [3.05, 3.63) is 62.7 Å². The molecule has 162 valence electrons. The molecule has 11 heteroatoms. The molecule has 30 heavy (non-hydrogen) atoms. The molecule has 0 saturated heterocycles. The summed E-state index contributed by atoms with van der Waals surface area (Å²) in [5.41, 5.74) is 2.10. The van der Waals surface area contributed by atoms with Gasteiger partial charge in [0.15, 0.2) is 0 Å². The second kappa shape index (κ2) is 10.4. The lowest BCUT2D eigenvalue weighted by molar-refractivity contribution is -0.385. The lowest BCUT2D eigenvalue weighted by atomic mass is 10.0. The van der Waals surface area contributed by atoms with Crippen LogP contribution in [0, 0.1) is 10.1 Å². The number of nitro groups is 1. The van der Waals surface area contributed by atoms with Crippen molar-refractivity contribution >= 4 is 39.0 Å². The van der Waals surface area contributed by atoms with Crippen LogP contribution in [0.25, 0.3) is 0 Å². The van der Waals surface area contributed by atoms with Crippen molar-refractivity contribution in [1.82, 2.24) is 10.0 Å². The molecule has 0 aliphatic rings. The van der Waals surface area contributed by atoms with Gasteiger partial charge in [-0.1, -0.05) is 37.6 Å². The van der Waals surface area contributed by atoms with Crippen molar-refractivity contribution in [2.24, 2.45) is 0 Å². The van der Waals surface area contributed by atoms with Crippen molar-refractivity contribution < 1.29 is 18.1 Å². The third kappa shape index (κ3) is 5.91. The van der Waals surface area contributed by atoms with Gasteiger partial charge in [0, 0.05) is 30.2 Å². The van der Waals surface area contributed by atoms with Crippen LogP contribution < -0.4 is 15.4 Å². The number of nitrogens with one attached hydrogen (secondary N) is 3. The predicted octanol–water partition coefficient (Wildman–Crippen LogP) is 3.47. The second-order valence-corrected chi connectivity index (χ2v) is 8.47. The fourth-order valence-electron chi connectivity index (χ4n) is 2.83. The Morgan fingerprint density at radius 1 is 1.13 bits per heavy atom. The summed E-state index contributed by atoms with van der Waals surface area (Å²) >= 11 is 6.22. The van der Waals surface area contributed by atoms with E-state index in [1.807, 2.05) is 19.9 Å². The minimum atomic E-state index is -3.94. The van der Waals surface area contributed by atoms with Crippen LogP contribution in [0.5, 0.6) is 0 Å². The number of urea groups is 1. The van der Waals surface area contributed by atoms with E-state index < -0.39 is 21.0 Å². The van der Waals surface area contributed by atoms with Gasteiger partial charge in [0.25, 0.3) is 5.69 Å². The molecule has 2 aromatic carbocycles. The number of nitro benzene ring substituents is 1. The molecule has 2 amide bonds. The molecule has 3 N–H and O–H groups in total. The molecular weight excluding hydrogens is 432 g/mol. The highest BCUT2D eigenvalue weighted by Crippen LogP contribution is 2.29. The number of rotatable bonds is 9. The number of carbonyl (C=O) groups is 1. The molecule has 2 rings (SSSR count). The third-order valence-corrected chi connectivity index (χ3v) is 6.17. The van der Waals surface area contributed by atoms with Crippen LogP contribution in [0.4, 0.5) is 16.2 Å². The lowest BCUT2D eigenvalue weighted by Crippen LogP contribution is -2.37. The second-order valence-electron chi connectivity index (χ2n) is 6.30. The zero-order valence-electron chi connectivity index (χ0n) is 16.6. The van der Waals surface area contributed by atoms with E-state index >= 15 is 0 Å². The van der Waals surface area contributed by atoms with Gasteiger partial charge in [0.2, 0.25) is 10.0 Å². The normalized spacial score (nSPS) is 11.2. The van der Waals surface area contributed by atoms with Crippen molar-refractivity contribution in [1.29, 1.82) is 0 Å². The van der Waals surface area contributed by atoms with Crippen LogP contribution in [-0.2, 0) is 22.9 Å². The van der Waals surface area contributed by atoms with Gasteiger partial charge >= 0.3 is 6.03 Å². The van der Waals surface area contributed by atoms with Gasteiger partial charge in [-0.3, -0.25) is 10.1 Å². The standard InChI is InChI=1S/C19H23ClN4O5S/c1-3-13-8-9-17(20)16(4-2)18(13)23-19(25)21-10-11-22-30(28,29)15-7-5-6-14(12-15)24(26)27/h5-9,12,22H,3-4,10-11H2,1-2H3,(H2,21,23,25). The van der Waals surface area contributed by atoms with E-state index in [-0.39, 0.29) is 23.7 Å². The Hall–Kier alpha value is -2.69. The van der Waals surface area contributed by atoms with Gasteiger partial charge in [-0.05, 0) is 36.1 Å². The number of hydrogen-bond acceptors (Lipinski definition) is 5. The highest BCUT2D eigenvalue weighted by Gasteiger charge is 2.17. The van der Waals surface area contributed by atoms with Crippen molar-refractivity contribution in [3.8, 4) is 0 Å². The first-order valence-corrected chi connectivity index (χ1v) is 11.1. The molecule has 0 fully saturated rings. The fraction of sp³-hybridized carbons (Fsp3) is 0.316. The first-order valence-electron chi connectivity index (χ1n) is 9.28. The molecule has 0 bridgehead atoms. The number of benzene rings is 2. The summed E-state index contributed by atoms with van der Waals surface area (Å²) in [5.74, 6) is 0. The lowest BCUT2D eigenvalue weighted by Gasteiger charge is -2.16. The quantitative estimate of drug-likeness (QED) is 0.303. The molecule has 9 nitrogen and oxygen atoms in total. The number of sulfonamides is 1. The van der Waals surface area contributed by atoms with Gasteiger partial charge in [-0.2, -0.15) is 0 Å². The van der Waals surface area contributed by atoms with Crippen LogP contribution in [0.3, 0.4) is 0 Å². The largest absolute Gasteiger partial charge is 0.337 e. The zero-order valence-corrected chi connectivity index (χ0v) is 18.1. The Bertz CT molecular complexity index is 1040. The van der Waals surface area contributed by atoms with Crippen LogP contribution in [-0.4, -0.2) is 32.5 Å². The molecule has 0 radical (unpaired) electrons. The first kappa shape index (κ1) is 23.6. The van der Waals surface area contributed by atoms with Gasteiger partial charge in [-0.25, -0.2) is 17.9 Å². The molecule has 0 spiro atoms. The molecular formula is C19H23ClN4O5S. The minimum Gasteiger partial charge on any atom is -0.337 e. The number of anilines is 1. The number of halogens is 1. The van der Waals surface area contributed by atoms with E-state index in [9.17, 15) is 23.3 Å². The van der Waals surface area contributed by atoms with Gasteiger partial charge in [0.05, 0.1) is 15.5 Å². The van der Waals surface area contributed by atoms with Gasteiger partial charge in [0.1, 0.15) is 0 Å². The first-order chi connectivity index (χ1) is 14.2. The Morgan fingerprint density at radius 3 is 2.50 bits per heavy atom. The summed E-state index contributed by atoms with van der Waals surface area (Å²) in [6.07, 6.45) is 1.36. The average Bonchev–Trinajstić information content (AvgIpc) is 2.71. The van der Waals surface area contributed by atoms with Crippen LogP contribution in [0.15, 0.2) is 41.3 Å². The van der Waals surface area contributed by atoms with Crippen LogP contribution >= 0.6 is 11.6 Å². The van der Waals surface area contributed by atoms with Gasteiger partial charge in [-0.15, -0.1) is 0 Å². The van der Waals surface area contributed by atoms with Crippen LogP contribution in [0.2, 0.25) is 5.02 Å². The highest BCUT2D eigenvalue weighted by molar-refractivity contribution is 7.89. The Morgan fingerprint density at radius 2 is 1.87 bits per heavy atom. The summed E-state index contributed by atoms with van der Waals surface area (Å²) < 4.78 is 26.8. The van der Waals surface area contributed by atoms with Crippen molar-refractivity contribution in [2.45, 2.75) is 31.6 Å². The van der Waals surface area contributed by atoms with Crippen LogP contribution in [0.1, 0.15) is 25.0 Å². The minimum absolute atomic E-state index is 0.0173. The van der Waals surface area contributed by atoms with E-state index in [2.05, 4.69) is 15.4 Å². The molecule has 0 atom stereocenters. The van der Waals surface area contributed by atoms with E-state index in [0.29, 0.717) is 23.6 Å². The number of hydrogen-bond donors (Lipinski definition) is 3. The van der Waals surface area contributed by atoms with Crippen molar-refractivity contribution in [2.75, 3.05) is 18.4 Å². The molecule has 0 aliphatic carbocycles. The fourth-order valence-corrected chi connectivity index (χ4v) is 4.20. The smallest absolute Gasteiger partial charge is 0.319 e. The third-order valence-electron chi connectivity index (χ3n) is 4.36. The summed E-state index contributed by atoms with van der Waals surface area (Å²) in [6.45, 7) is 3.83. The maximum Gasteiger partial charge on any atom is 0.319 e. The Labute approximate surface area is 180 Å². The molecule has 0 saturated carbocycles. The highest BCUT2D eigenvalue weighted by atomic mass is 35.5. The molecule has 0 heterocycles. The summed E-state index contributed by atoms with van der Waals surface area (Å²) in [5, 5.41) is 16.7. The Balaban J connectivity index is 1.95. The predicted molar refractivity (Wildman–Crippen MR) is 116 cm³/mol. The summed E-state index contributed by atoms with van der Waals surface area (Å²) in [6, 6.07) is 7.88.